The normalized spacial score (nSPS) is 12.7. The van der Waals surface area contributed by atoms with Crippen LogP contribution in [-0.4, -0.2) is 10.1 Å². The summed E-state index contributed by atoms with van der Waals surface area (Å²) in [5.74, 6) is 0. The lowest BCUT2D eigenvalue weighted by Crippen LogP contribution is -1.99. The maximum atomic E-state index is 10.2. The van der Waals surface area contributed by atoms with Crippen molar-refractivity contribution in [3.05, 3.63) is 64.1 Å². The van der Waals surface area contributed by atoms with Crippen molar-refractivity contribution in [2.75, 3.05) is 0 Å². The van der Waals surface area contributed by atoms with Crippen molar-refractivity contribution in [3.8, 4) is 0 Å². The molecule has 0 spiro atoms. The minimum Gasteiger partial charge on any atom is -0.387 e. The third kappa shape index (κ3) is 2.67. The summed E-state index contributed by atoms with van der Waals surface area (Å²) in [6.45, 7) is 1.96. The lowest BCUT2D eigenvalue weighted by molar-refractivity contribution is 0.182. The Labute approximate surface area is 116 Å². The number of hydrogen-bond acceptors (Lipinski definition) is 3. The van der Waals surface area contributed by atoms with Gasteiger partial charge in [0.25, 0.3) is 0 Å². The first-order valence-electron chi connectivity index (χ1n) is 6.30. The van der Waals surface area contributed by atoms with Gasteiger partial charge in [0.2, 0.25) is 0 Å². The summed E-state index contributed by atoms with van der Waals surface area (Å²) >= 11 is 1.56. The van der Waals surface area contributed by atoms with Crippen LogP contribution in [0.1, 0.15) is 21.6 Å². The van der Waals surface area contributed by atoms with Crippen molar-refractivity contribution in [2.45, 2.75) is 19.4 Å². The van der Waals surface area contributed by atoms with Gasteiger partial charge < -0.3 is 5.11 Å². The highest BCUT2D eigenvalue weighted by molar-refractivity contribution is 7.11. The van der Waals surface area contributed by atoms with Crippen LogP contribution in [0, 0.1) is 6.92 Å². The molecule has 1 N–H and O–H groups in total. The van der Waals surface area contributed by atoms with Crippen molar-refractivity contribution in [1.82, 2.24) is 4.98 Å². The van der Waals surface area contributed by atoms with Crippen LogP contribution in [0.4, 0.5) is 0 Å². The van der Waals surface area contributed by atoms with Crippen molar-refractivity contribution in [2.24, 2.45) is 0 Å². The van der Waals surface area contributed by atoms with E-state index < -0.39 is 6.10 Å². The van der Waals surface area contributed by atoms with Crippen LogP contribution in [0.25, 0.3) is 10.8 Å². The second-order valence-corrected chi connectivity index (χ2v) is 5.95. The van der Waals surface area contributed by atoms with Crippen LogP contribution >= 0.6 is 11.3 Å². The van der Waals surface area contributed by atoms with Gasteiger partial charge in [0.15, 0.2) is 0 Å². The molecule has 2 aromatic carbocycles. The molecule has 1 atom stereocenters. The van der Waals surface area contributed by atoms with E-state index in [1.54, 1.807) is 17.5 Å². The molecule has 0 bridgehead atoms. The first kappa shape index (κ1) is 12.3. The molecule has 3 aromatic rings. The standard InChI is InChI=1S/C16H15NOS/c1-11-17-10-16(19-11)15(18)9-12-6-7-13-4-2-3-5-14(13)8-12/h2-8,10,15,18H,9H2,1H3. The van der Waals surface area contributed by atoms with E-state index in [2.05, 4.69) is 35.3 Å². The molecule has 2 nitrogen and oxygen atoms in total. The number of hydrogen-bond donors (Lipinski definition) is 1. The summed E-state index contributed by atoms with van der Waals surface area (Å²) in [4.78, 5) is 5.12. The van der Waals surface area contributed by atoms with Crippen molar-refractivity contribution >= 4 is 22.1 Å². The summed E-state index contributed by atoms with van der Waals surface area (Å²) < 4.78 is 0. The van der Waals surface area contributed by atoms with E-state index in [9.17, 15) is 5.11 Å². The number of aliphatic hydroxyl groups excluding tert-OH is 1. The Balaban J connectivity index is 1.84. The zero-order chi connectivity index (χ0) is 13.2. The smallest absolute Gasteiger partial charge is 0.0938 e. The minimum atomic E-state index is -0.465. The second kappa shape index (κ2) is 5.11. The van der Waals surface area contributed by atoms with Crippen molar-refractivity contribution < 1.29 is 5.11 Å². The average molecular weight is 269 g/mol. The Morgan fingerprint density at radius 3 is 2.68 bits per heavy atom. The first-order chi connectivity index (χ1) is 9.22. The molecule has 0 saturated heterocycles. The lowest BCUT2D eigenvalue weighted by Gasteiger charge is -2.09. The molecule has 0 saturated carbocycles. The maximum Gasteiger partial charge on any atom is 0.0938 e. The van der Waals surface area contributed by atoms with E-state index >= 15 is 0 Å². The molecular weight excluding hydrogens is 254 g/mol. The van der Waals surface area contributed by atoms with Gasteiger partial charge in [-0.2, -0.15) is 0 Å². The largest absolute Gasteiger partial charge is 0.387 e. The number of nitrogens with zero attached hydrogens (tertiary/aromatic N) is 1. The maximum absolute atomic E-state index is 10.2. The fourth-order valence-corrected chi connectivity index (χ4v) is 2.99. The van der Waals surface area contributed by atoms with Gasteiger partial charge in [-0.3, -0.25) is 0 Å². The van der Waals surface area contributed by atoms with E-state index in [0.717, 1.165) is 15.4 Å². The molecule has 19 heavy (non-hydrogen) atoms. The monoisotopic (exact) mass is 269 g/mol. The first-order valence-corrected chi connectivity index (χ1v) is 7.12. The minimum absolute atomic E-state index is 0.465. The SMILES string of the molecule is Cc1ncc(C(O)Cc2ccc3ccccc3c2)s1. The van der Waals surface area contributed by atoms with E-state index in [1.807, 2.05) is 19.1 Å². The molecular formula is C16H15NOS. The van der Waals surface area contributed by atoms with Gasteiger partial charge in [0, 0.05) is 12.6 Å². The highest BCUT2D eigenvalue weighted by atomic mass is 32.1. The van der Waals surface area contributed by atoms with Gasteiger partial charge in [-0.25, -0.2) is 4.98 Å². The number of aryl methyl sites for hydroxylation is 1. The number of aliphatic hydroxyl groups is 1. The van der Waals surface area contributed by atoms with Gasteiger partial charge in [-0.15, -0.1) is 11.3 Å². The Hall–Kier alpha value is -1.71. The fraction of sp³-hybridized carbons (Fsp3) is 0.188. The summed E-state index contributed by atoms with van der Waals surface area (Å²) in [5, 5.41) is 13.7. The van der Waals surface area contributed by atoms with Crippen LogP contribution < -0.4 is 0 Å². The van der Waals surface area contributed by atoms with E-state index in [1.165, 1.54) is 10.8 Å². The zero-order valence-electron chi connectivity index (χ0n) is 10.7. The van der Waals surface area contributed by atoms with E-state index in [0.29, 0.717) is 6.42 Å². The summed E-state index contributed by atoms with van der Waals surface area (Å²) in [5.41, 5.74) is 1.15. The Kier molecular flexibility index (Phi) is 3.32. The molecule has 3 heteroatoms. The molecule has 96 valence electrons. The molecule has 1 heterocycles. The fourth-order valence-electron chi connectivity index (χ4n) is 2.22. The zero-order valence-corrected chi connectivity index (χ0v) is 11.5. The Morgan fingerprint density at radius 2 is 1.95 bits per heavy atom. The predicted octanol–water partition coefficient (Wildman–Crippen LogP) is 3.88. The van der Waals surface area contributed by atoms with Crippen LogP contribution in [0.2, 0.25) is 0 Å². The predicted molar refractivity (Wildman–Crippen MR) is 79.5 cm³/mol. The average Bonchev–Trinajstić information content (AvgIpc) is 2.85. The van der Waals surface area contributed by atoms with E-state index in [4.69, 9.17) is 0 Å². The third-order valence-electron chi connectivity index (χ3n) is 3.21. The van der Waals surface area contributed by atoms with Crippen molar-refractivity contribution in [3.63, 3.8) is 0 Å². The molecule has 0 aliphatic heterocycles. The Bertz CT molecular complexity index is 705. The molecule has 0 radical (unpaired) electrons. The van der Waals surface area contributed by atoms with Gasteiger partial charge in [-0.1, -0.05) is 42.5 Å². The van der Waals surface area contributed by atoms with Gasteiger partial charge in [0.05, 0.1) is 16.0 Å². The topological polar surface area (TPSA) is 33.1 Å². The Morgan fingerprint density at radius 1 is 1.16 bits per heavy atom. The highest BCUT2D eigenvalue weighted by Gasteiger charge is 2.11. The van der Waals surface area contributed by atoms with E-state index in [-0.39, 0.29) is 0 Å². The van der Waals surface area contributed by atoms with Crippen molar-refractivity contribution in [1.29, 1.82) is 0 Å². The van der Waals surface area contributed by atoms with Crippen LogP contribution in [-0.2, 0) is 6.42 Å². The van der Waals surface area contributed by atoms with Crippen LogP contribution in [0.3, 0.4) is 0 Å². The number of thiazole rings is 1. The summed E-state index contributed by atoms with van der Waals surface area (Å²) in [7, 11) is 0. The molecule has 0 aliphatic rings. The lowest BCUT2D eigenvalue weighted by atomic mass is 10.0. The molecule has 0 fully saturated rings. The number of benzene rings is 2. The van der Waals surface area contributed by atoms with Gasteiger partial charge in [0.1, 0.15) is 0 Å². The summed E-state index contributed by atoms with van der Waals surface area (Å²) in [6, 6.07) is 14.6. The summed E-state index contributed by atoms with van der Waals surface area (Å²) in [6.07, 6.45) is 1.94. The highest BCUT2D eigenvalue weighted by Crippen LogP contribution is 2.25. The molecule has 0 aliphatic carbocycles. The van der Waals surface area contributed by atoms with Crippen LogP contribution in [0.15, 0.2) is 48.7 Å². The van der Waals surface area contributed by atoms with Crippen LogP contribution in [0.5, 0.6) is 0 Å². The third-order valence-corrected chi connectivity index (χ3v) is 4.22. The molecule has 3 rings (SSSR count). The van der Waals surface area contributed by atoms with Gasteiger partial charge in [-0.05, 0) is 23.3 Å². The van der Waals surface area contributed by atoms with Gasteiger partial charge >= 0.3 is 0 Å². The quantitative estimate of drug-likeness (QED) is 0.782. The number of aromatic nitrogens is 1. The molecule has 0 amide bonds. The molecule has 1 aromatic heterocycles. The number of rotatable bonds is 3. The molecule has 1 unspecified atom stereocenters. The number of fused-ring (bicyclic) bond motifs is 1. The second-order valence-electron chi connectivity index (χ2n) is 4.68.